The zero-order valence-electron chi connectivity index (χ0n) is 7.62. The lowest BCUT2D eigenvalue weighted by atomic mass is 9.97. The van der Waals surface area contributed by atoms with E-state index in [0.717, 1.165) is 19.3 Å². The first-order valence-corrected chi connectivity index (χ1v) is 4.63. The van der Waals surface area contributed by atoms with Crippen LogP contribution in [-0.4, -0.2) is 24.2 Å². The highest BCUT2D eigenvalue weighted by Gasteiger charge is 2.26. The summed E-state index contributed by atoms with van der Waals surface area (Å²) in [7, 11) is 0. The molecule has 1 rings (SSSR count). The highest BCUT2D eigenvalue weighted by atomic mass is 16.3. The monoisotopic (exact) mass is 181 g/mol. The van der Waals surface area contributed by atoms with Gasteiger partial charge in [0, 0.05) is 13.2 Å². The molecule has 0 spiro atoms. The highest BCUT2D eigenvalue weighted by Crippen LogP contribution is 2.30. The molecule has 1 fully saturated rings. The summed E-state index contributed by atoms with van der Waals surface area (Å²) < 4.78 is 0. The first kappa shape index (κ1) is 10.1. The van der Waals surface area contributed by atoms with Gasteiger partial charge in [-0.05, 0) is 30.6 Å². The molecule has 0 bridgehead atoms. The Morgan fingerprint density at radius 2 is 2.23 bits per heavy atom. The Labute approximate surface area is 78.5 Å². The number of aliphatic hydroxyl groups is 1. The maximum atomic E-state index is 10.8. The summed E-state index contributed by atoms with van der Waals surface area (Å²) in [6, 6.07) is 0. The van der Waals surface area contributed by atoms with Crippen LogP contribution in [0.5, 0.6) is 0 Å². The number of rotatable bonds is 3. The molecule has 1 amide bonds. The molecule has 1 saturated carbocycles. The first-order valence-electron chi connectivity index (χ1n) is 4.63. The van der Waals surface area contributed by atoms with Crippen LogP contribution in [0, 0.1) is 24.2 Å². The molecule has 1 aliphatic carbocycles. The predicted molar refractivity (Wildman–Crippen MR) is 49.8 cm³/mol. The molecule has 0 heterocycles. The molecule has 2 unspecified atom stereocenters. The SMILES string of the molecule is C#CC(=O)NCC1CCCC1CO. The molecule has 2 N–H and O–H groups in total. The van der Waals surface area contributed by atoms with Crippen molar-refractivity contribution in [3.8, 4) is 12.3 Å². The van der Waals surface area contributed by atoms with E-state index in [0.29, 0.717) is 18.4 Å². The normalized spacial score (nSPS) is 26.8. The number of carbonyl (C=O) groups excluding carboxylic acids is 1. The summed E-state index contributed by atoms with van der Waals surface area (Å²) in [6.07, 6.45) is 8.20. The molecular formula is C10H15NO2. The zero-order valence-corrected chi connectivity index (χ0v) is 7.62. The van der Waals surface area contributed by atoms with Gasteiger partial charge in [0.15, 0.2) is 0 Å². The minimum Gasteiger partial charge on any atom is -0.396 e. The molecule has 2 atom stereocenters. The van der Waals surface area contributed by atoms with E-state index in [9.17, 15) is 4.79 Å². The van der Waals surface area contributed by atoms with Gasteiger partial charge in [-0.2, -0.15) is 0 Å². The molecule has 3 heteroatoms. The largest absolute Gasteiger partial charge is 0.396 e. The summed E-state index contributed by atoms with van der Waals surface area (Å²) in [5.74, 6) is 2.40. The summed E-state index contributed by atoms with van der Waals surface area (Å²) in [5.41, 5.74) is 0. The van der Waals surface area contributed by atoms with Gasteiger partial charge in [0.2, 0.25) is 0 Å². The van der Waals surface area contributed by atoms with Crippen molar-refractivity contribution < 1.29 is 9.90 Å². The quantitative estimate of drug-likeness (QED) is 0.609. The van der Waals surface area contributed by atoms with Crippen LogP contribution >= 0.6 is 0 Å². The maximum absolute atomic E-state index is 10.8. The van der Waals surface area contributed by atoms with Gasteiger partial charge >= 0.3 is 0 Å². The summed E-state index contributed by atoms with van der Waals surface area (Å²) in [6.45, 7) is 0.824. The molecule has 13 heavy (non-hydrogen) atoms. The fourth-order valence-corrected chi connectivity index (χ4v) is 1.90. The van der Waals surface area contributed by atoms with Crippen LogP contribution in [-0.2, 0) is 4.79 Å². The third-order valence-corrected chi connectivity index (χ3v) is 2.71. The van der Waals surface area contributed by atoms with E-state index in [1.54, 1.807) is 0 Å². The second-order valence-electron chi connectivity index (χ2n) is 3.49. The van der Waals surface area contributed by atoms with E-state index >= 15 is 0 Å². The Morgan fingerprint density at radius 3 is 2.85 bits per heavy atom. The smallest absolute Gasteiger partial charge is 0.295 e. The van der Waals surface area contributed by atoms with Gasteiger partial charge in [-0.3, -0.25) is 4.79 Å². The van der Waals surface area contributed by atoms with Crippen LogP contribution in [0.1, 0.15) is 19.3 Å². The van der Waals surface area contributed by atoms with Crippen LogP contribution < -0.4 is 5.32 Å². The Kier molecular flexibility index (Phi) is 3.78. The molecule has 0 aromatic heterocycles. The van der Waals surface area contributed by atoms with Gasteiger partial charge in [0.05, 0.1) is 0 Å². The average molecular weight is 181 g/mol. The highest BCUT2D eigenvalue weighted by molar-refractivity contribution is 5.92. The van der Waals surface area contributed by atoms with Gasteiger partial charge in [0.1, 0.15) is 0 Å². The van der Waals surface area contributed by atoms with Crippen molar-refractivity contribution in [2.24, 2.45) is 11.8 Å². The number of carbonyl (C=O) groups is 1. The lowest BCUT2D eigenvalue weighted by Crippen LogP contribution is -2.30. The standard InChI is InChI=1S/C10H15NO2/c1-2-10(13)11-6-8-4-3-5-9(8)7-12/h1,8-9,12H,3-7H2,(H,11,13). The van der Waals surface area contributed by atoms with E-state index < -0.39 is 0 Å². The third-order valence-electron chi connectivity index (χ3n) is 2.71. The number of aliphatic hydroxyl groups excluding tert-OH is 1. The zero-order chi connectivity index (χ0) is 9.68. The molecule has 0 saturated heterocycles. The van der Waals surface area contributed by atoms with E-state index in [-0.39, 0.29) is 12.5 Å². The van der Waals surface area contributed by atoms with Crippen LogP contribution in [0.25, 0.3) is 0 Å². The number of hydrogen-bond donors (Lipinski definition) is 2. The predicted octanol–water partition coefficient (Wildman–Crippen LogP) is 0.144. The van der Waals surface area contributed by atoms with Gasteiger partial charge < -0.3 is 10.4 Å². The minimum atomic E-state index is -0.358. The second kappa shape index (κ2) is 4.88. The molecule has 72 valence electrons. The van der Waals surface area contributed by atoms with Gasteiger partial charge in [-0.25, -0.2) is 0 Å². The molecular weight excluding hydrogens is 166 g/mol. The fraction of sp³-hybridized carbons (Fsp3) is 0.700. The van der Waals surface area contributed by atoms with Crippen LogP contribution in [0.15, 0.2) is 0 Å². The van der Waals surface area contributed by atoms with Crippen LogP contribution in [0.3, 0.4) is 0 Å². The summed E-state index contributed by atoms with van der Waals surface area (Å²) in [5, 5.41) is 11.7. The van der Waals surface area contributed by atoms with Crippen molar-refractivity contribution in [3.05, 3.63) is 0 Å². The van der Waals surface area contributed by atoms with Crippen molar-refractivity contribution in [3.63, 3.8) is 0 Å². The van der Waals surface area contributed by atoms with Crippen molar-refractivity contribution in [2.75, 3.05) is 13.2 Å². The van der Waals surface area contributed by atoms with E-state index in [1.165, 1.54) is 0 Å². The van der Waals surface area contributed by atoms with Crippen molar-refractivity contribution in [2.45, 2.75) is 19.3 Å². The Hall–Kier alpha value is -1.01. The Bertz CT molecular complexity index is 219. The summed E-state index contributed by atoms with van der Waals surface area (Å²) in [4.78, 5) is 10.8. The number of terminal acetylenes is 1. The van der Waals surface area contributed by atoms with Gasteiger partial charge in [-0.15, -0.1) is 6.42 Å². The lowest BCUT2D eigenvalue weighted by Gasteiger charge is -2.16. The molecule has 3 nitrogen and oxygen atoms in total. The topological polar surface area (TPSA) is 49.3 Å². The average Bonchev–Trinajstić information content (AvgIpc) is 2.61. The summed E-state index contributed by atoms with van der Waals surface area (Å²) >= 11 is 0. The maximum Gasteiger partial charge on any atom is 0.295 e. The van der Waals surface area contributed by atoms with Crippen molar-refractivity contribution in [1.82, 2.24) is 5.32 Å². The molecule has 1 aliphatic rings. The molecule has 0 radical (unpaired) electrons. The van der Waals surface area contributed by atoms with Gasteiger partial charge in [-0.1, -0.05) is 6.42 Å². The third kappa shape index (κ3) is 2.74. The Balaban J connectivity index is 2.28. The first-order chi connectivity index (χ1) is 6.27. The fourth-order valence-electron chi connectivity index (χ4n) is 1.90. The van der Waals surface area contributed by atoms with E-state index in [1.807, 2.05) is 5.92 Å². The van der Waals surface area contributed by atoms with E-state index in [4.69, 9.17) is 11.5 Å². The molecule has 0 aromatic rings. The second-order valence-corrected chi connectivity index (χ2v) is 3.49. The van der Waals surface area contributed by atoms with E-state index in [2.05, 4.69) is 5.32 Å². The van der Waals surface area contributed by atoms with Crippen molar-refractivity contribution >= 4 is 5.91 Å². The minimum absolute atomic E-state index is 0.219. The number of hydrogen-bond acceptors (Lipinski definition) is 2. The lowest BCUT2D eigenvalue weighted by molar-refractivity contribution is -0.115. The van der Waals surface area contributed by atoms with Crippen molar-refractivity contribution in [1.29, 1.82) is 0 Å². The van der Waals surface area contributed by atoms with Crippen LogP contribution in [0.2, 0.25) is 0 Å². The van der Waals surface area contributed by atoms with Gasteiger partial charge in [0.25, 0.3) is 5.91 Å². The number of nitrogens with one attached hydrogen (secondary N) is 1. The number of amides is 1. The Morgan fingerprint density at radius 1 is 1.54 bits per heavy atom. The van der Waals surface area contributed by atoms with Crippen LogP contribution in [0.4, 0.5) is 0 Å². The molecule has 0 aliphatic heterocycles. The molecule has 0 aromatic carbocycles.